The molecule has 1 unspecified atom stereocenters. The molecule has 0 fully saturated rings. The van der Waals surface area contributed by atoms with Gasteiger partial charge in [-0.25, -0.2) is 5.01 Å². The minimum Gasteiger partial charge on any atom is -0.481 e. The molecule has 0 aliphatic carbocycles. The lowest BCUT2D eigenvalue weighted by molar-refractivity contribution is -0.138. The van der Waals surface area contributed by atoms with Gasteiger partial charge in [-0.1, -0.05) is 25.1 Å². The molecular weight excluding hydrogens is 298 g/mol. The van der Waals surface area contributed by atoms with Crippen LogP contribution in [0.1, 0.15) is 26.2 Å². The second-order valence-corrected chi connectivity index (χ2v) is 5.50. The lowest BCUT2D eigenvalue weighted by atomic mass is 10.1. The maximum absolute atomic E-state index is 12.1. The maximum Gasteiger partial charge on any atom is 0.303 e. The molecule has 1 heterocycles. The minimum absolute atomic E-state index is 0.0125. The standard InChI is InChI=1S/C16H19N3O4/c1-11(9-15(21)22)10-17-16(23)13-7-8-14(20)19(18-13)12-5-3-2-4-6-12/h2-6,11H,7-10H2,1H3,(H,17,23)(H,21,22). The molecule has 122 valence electrons. The first kappa shape index (κ1) is 16.7. The Balaban J connectivity index is 2.02. The van der Waals surface area contributed by atoms with Crippen LogP contribution in [0.5, 0.6) is 0 Å². The third-order valence-electron chi connectivity index (χ3n) is 3.43. The van der Waals surface area contributed by atoms with Crippen molar-refractivity contribution in [2.75, 3.05) is 11.6 Å². The number of aliphatic carboxylic acids is 1. The van der Waals surface area contributed by atoms with E-state index in [4.69, 9.17) is 5.11 Å². The molecule has 2 rings (SSSR count). The van der Waals surface area contributed by atoms with E-state index in [2.05, 4.69) is 10.4 Å². The van der Waals surface area contributed by atoms with Gasteiger partial charge in [0, 0.05) is 25.8 Å². The highest BCUT2D eigenvalue weighted by molar-refractivity contribution is 6.40. The maximum atomic E-state index is 12.1. The summed E-state index contributed by atoms with van der Waals surface area (Å²) in [5.41, 5.74) is 0.887. The number of amides is 2. The summed E-state index contributed by atoms with van der Waals surface area (Å²) in [4.78, 5) is 34.7. The van der Waals surface area contributed by atoms with Crippen LogP contribution in [0.2, 0.25) is 0 Å². The number of carbonyl (C=O) groups is 3. The van der Waals surface area contributed by atoms with Gasteiger partial charge < -0.3 is 10.4 Å². The Morgan fingerprint density at radius 3 is 2.65 bits per heavy atom. The normalized spacial score (nSPS) is 15.8. The zero-order valence-electron chi connectivity index (χ0n) is 12.9. The third kappa shape index (κ3) is 4.64. The SMILES string of the molecule is CC(CNC(=O)C1=NN(c2ccccc2)C(=O)CC1)CC(=O)O. The summed E-state index contributed by atoms with van der Waals surface area (Å²) in [6.45, 7) is 2.00. The highest BCUT2D eigenvalue weighted by atomic mass is 16.4. The van der Waals surface area contributed by atoms with Crippen LogP contribution in [0.4, 0.5) is 5.69 Å². The van der Waals surface area contributed by atoms with E-state index in [0.717, 1.165) is 0 Å². The molecule has 7 heteroatoms. The van der Waals surface area contributed by atoms with Crippen LogP contribution in [-0.4, -0.2) is 35.1 Å². The van der Waals surface area contributed by atoms with Gasteiger partial charge in [-0.2, -0.15) is 5.10 Å². The van der Waals surface area contributed by atoms with Crippen LogP contribution < -0.4 is 10.3 Å². The van der Waals surface area contributed by atoms with Crippen molar-refractivity contribution >= 4 is 29.2 Å². The van der Waals surface area contributed by atoms with Crippen molar-refractivity contribution in [3.05, 3.63) is 30.3 Å². The van der Waals surface area contributed by atoms with Gasteiger partial charge in [0.15, 0.2) is 0 Å². The zero-order chi connectivity index (χ0) is 16.8. The van der Waals surface area contributed by atoms with Crippen LogP contribution in [0.25, 0.3) is 0 Å². The Bertz CT molecular complexity index is 627. The van der Waals surface area contributed by atoms with Crippen LogP contribution in [0.3, 0.4) is 0 Å². The summed E-state index contributed by atoms with van der Waals surface area (Å²) in [7, 11) is 0. The van der Waals surface area contributed by atoms with Crippen molar-refractivity contribution in [2.45, 2.75) is 26.2 Å². The number of hydrogen-bond donors (Lipinski definition) is 2. The molecule has 2 N–H and O–H groups in total. The Morgan fingerprint density at radius 1 is 1.30 bits per heavy atom. The summed E-state index contributed by atoms with van der Waals surface area (Å²) in [5.74, 6) is -1.60. The summed E-state index contributed by atoms with van der Waals surface area (Å²) in [6, 6.07) is 8.91. The highest BCUT2D eigenvalue weighted by Gasteiger charge is 2.25. The van der Waals surface area contributed by atoms with Crippen LogP contribution in [0.15, 0.2) is 35.4 Å². The molecule has 1 aromatic carbocycles. The van der Waals surface area contributed by atoms with Gasteiger partial charge in [0.05, 0.1) is 5.69 Å². The lowest BCUT2D eigenvalue weighted by Crippen LogP contribution is -2.40. The second-order valence-electron chi connectivity index (χ2n) is 5.50. The zero-order valence-corrected chi connectivity index (χ0v) is 12.9. The number of anilines is 1. The van der Waals surface area contributed by atoms with Crippen molar-refractivity contribution in [2.24, 2.45) is 11.0 Å². The number of benzene rings is 1. The van der Waals surface area contributed by atoms with E-state index < -0.39 is 5.97 Å². The molecule has 0 spiro atoms. The van der Waals surface area contributed by atoms with Crippen molar-refractivity contribution < 1.29 is 19.5 Å². The number of nitrogens with one attached hydrogen (secondary N) is 1. The number of para-hydroxylation sites is 1. The smallest absolute Gasteiger partial charge is 0.303 e. The van der Waals surface area contributed by atoms with Gasteiger partial charge >= 0.3 is 5.97 Å². The van der Waals surface area contributed by atoms with Gasteiger partial charge in [0.1, 0.15) is 5.71 Å². The molecule has 2 amide bonds. The van der Waals surface area contributed by atoms with E-state index in [-0.39, 0.29) is 49.3 Å². The number of rotatable bonds is 6. The fourth-order valence-electron chi connectivity index (χ4n) is 2.23. The molecule has 0 radical (unpaired) electrons. The van der Waals surface area contributed by atoms with Crippen molar-refractivity contribution in [3.63, 3.8) is 0 Å². The fourth-order valence-corrected chi connectivity index (χ4v) is 2.23. The molecule has 0 saturated carbocycles. The fraction of sp³-hybridized carbons (Fsp3) is 0.375. The Morgan fingerprint density at radius 2 is 2.00 bits per heavy atom. The lowest BCUT2D eigenvalue weighted by Gasteiger charge is -2.23. The van der Waals surface area contributed by atoms with Gasteiger partial charge in [-0.3, -0.25) is 14.4 Å². The molecule has 0 aromatic heterocycles. The number of hydrogen-bond acceptors (Lipinski definition) is 4. The average Bonchev–Trinajstić information content (AvgIpc) is 2.53. The van der Waals surface area contributed by atoms with E-state index in [9.17, 15) is 14.4 Å². The number of carbonyl (C=O) groups excluding carboxylic acids is 2. The molecule has 23 heavy (non-hydrogen) atoms. The summed E-state index contributed by atoms with van der Waals surface area (Å²) in [6.07, 6.45) is 0.481. The van der Waals surface area contributed by atoms with E-state index >= 15 is 0 Å². The number of carboxylic acid groups (broad SMARTS) is 1. The Hall–Kier alpha value is -2.70. The van der Waals surface area contributed by atoms with E-state index in [1.807, 2.05) is 6.07 Å². The molecule has 1 atom stereocenters. The van der Waals surface area contributed by atoms with Crippen molar-refractivity contribution in [1.82, 2.24) is 5.32 Å². The van der Waals surface area contributed by atoms with Gasteiger partial charge in [-0.15, -0.1) is 0 Å². The summed E-state index contributed by atoms with van der Waals surface area (Å²) >= 11 is 0. The van der Waals surface area contributed by atoms with Crippen LogP contribution >= 0.6 is 0 Å². The first-order valence-electron chi connectivity index (χ1n) is 7.43. The van der Waals surface area contributed by atoms with Crippen LogP contribution in [0, 0.1) is 5.92 Å². The van der Waals surface area contributed by atoms with Gasteiger partial charge in [0.25, 0.3) is 5.91 Å². The molecule has 7 nitrogen and oxygen atoms in total. The molecule has 1 aliphatic rings. The first-order valence-corrected chi connectivity index (χ1v) is 7.43. The minimum atomic E-state index is -0.900. The van der Waals surface area contributed by atoms with Crippen molar-refractivity contribution in [3.8, 4) is 0 Å². The molecule has 1 aromatic rings. The number of nitrogens with zero attached hydrogens (tertiary/aromatic N) is 2. The largest absolute Gasteiger partial charge is 0.481 e. The Labute approximate surface area is 134 Å². The van der Waals surface area contributed by atoms with Gasteiger partial charge in [-0.05, 0) is 18.1 Å². The van der Waals surface area contributed by atoms with E-state index in [1.54, 1.807) is 31.2 Å². The van der Waals surface area contributed by atoms with E-state index in [1.165, 1.54) is 5.01 Å². The third-order valence-corrected chi connectivity index (χ3v) is 3.43. The van der Waals surface area contributed by atoms with E-state index in [0.29, 0.717) is 5.69 Å². The number of hydrazone groups is 1. The van der Waals surface area contributed by atoms with Crippen molar-refractivity contribution in [1.29, 1.82) is 0 Å². The molecular formula is C16H19N3O4. The predicted molar refractivity (Wildman–Crippen MR) is 85.0 cm³/mol. The van der Waals surface area contributed by atoms with Crippen LogP contribution in [-0.2, 0) is 14.4 Å². The molecule has 0 bridgehead atoms. The highest BCUT2D eigenvalue weighted by Crippen LogP contribution is 2.19. The Kier molecular flexibility index (Phi) is 5.46. The summed E-state index contributed by atoms with van der Waals surface area (Å²) < 4.78 is 0. The molecule has 1 aliphatic heterocycles. The monoisotopic (exact) mass is 317 g/mol. The average molecular weight is 317 g/mol. The second kappa shape index (κ2) is 7.53. The molecule has 0 saturated heterocycles. The quantitative estimate of drug-likeness (QED) is 0.828. The predicted octanol–water partition coefficient (Wildman–Crippen LogP) is 1.40. The number of carboxylic acids is 1. The first-order chi connectivity index (χ1) is 11.0. The van der Waals surface area contributed by atoms with Gasteiger partial charge in [0.2, 0.25) is 5.91 Å². The topological polar surface area (TPSA) is 99.1 Å². The summed E-state index contributed by atoms with van der Waals surface area (Å²) in [5, 5.41) is 16.8.